The van der Waals surface area contributed by atoms with Gasteiger partial charge in [0.25, 0.3) is 5.91 Å². The van der Waals surface area contributed by atoms with Gasteiger partial charge in [-0.2, -0.15) is 13.2 Å². The van der Waals surface area contributed by atoms with E-state index >= 15 is 0 Å². The fourth-order valence-electron chi connectivity index (χ4n) is 5.24. The maximum Gasteiger partial charge on any atom is 0.410 e. The summed E-state index contributed by atoms with van der Waals surface area (Å²) in [6, 6.07) is -1.17. The summed E-state index contributed by atoms with van der Waals surface area (Å²) in [5.74, 6) is -0.507. The van der Waals surface area contributed by atoms with Crippen LogP contribution in [0.2, 0.25) is 0 Å². The lowest BCUT2D eigenvalue weighted by Crippen LogP contribution is -2.49. The highest BCUT2D eigenvalue weighted by Crippen LogP contribution is 2.33. The fourth-order valence-corrected chi connectivity index (χ4v) is 5.24. The molecule has 0 spiro atoms. The molecule has 4 rings (SSSR count). The first-order valence-electron chi connectivity index (χ1n) is 13.0. The van der Waals surface area contributed by atoms with E-state index in [1.54, 1.807) is 19.9 Å². The molecule has 2 aromatic rings. The van der Waals surface area contributed by atoms with Crippen LogP contribution in [0.5, 0.6) is 0 Å². The number of aromatic nitrogens is 3. The average molecular weight is 552 g/mol. The number of hydrogen-bond acceptors (Lipinski definition) is 7. The number of anilines is 1. The number of carbonyl (C=O) groups excluding carboxylic acids is 3. The number of nitrogens with zero attached hydrogens (tertiary/aromatic N) is 4. The Labute approximate surface area is 223 Å². The first kappa shape index (κ1) is 28.3. The van der Waals surface area contributed by atoms with E-state index in [9.17, 15) is 27.6 Å². The molecular weight excluding hydrogens is 519 g/mol. The average Bonchev–Trinajstić information content (AvgIpc) is 3.49. The van der Waals surface area contributed by atoms with Gasteiger partial charge in [0.2, 0.25) is 5.91 Å². The maximum absolute atomic E-state index is 13.5. The van der Waals surface area contributed by atoms with Crippen LogP contribution < -0.4 is 16.0 Å². The second-order valence-corrected chi connectivity index (χ2v) is 10.3. The Kier molecular flexibility index (Phi) is 8.40. The zero-order chi connectivity index (χ0) is 28.3. The summed E-state index contributed by atoms with van der Waals surface area (Å²) in [6.45, 7) is 4.95. The number of amides is 4. The van der Waals surface area contributed by atoms with E-state index in [-0.39, 0.29) is 17.4 Å². The maximum atomic E-state index is 13.5. The summed E-state index contributed by atoms with van der Waals surface area (Å²) in [6.07, 6.45) is 0.519. The SMILES string of the molecule is CC[C@H](c1ccnc(NC(=O)[C@@H](NC(=O)c2nonc2C)C2CCC(C)CC2)c1)N1C[C@@H](C(F)(F)F)NC1=O. The minimum atomic E-state index is -4.56. The second kappa shape index (κ2) is 11.6. The molecule has 1 aliphatic carbocycles. The van der Waals surface area contributed by atoms with Gasteiger partial charge in [0.15, 0.2) is 5.69 Å². The first-order chi connectivity index (χ1) is 18.5. The molecule has 1 saturated heterocycles. The summed E-state index contributed by atoms with van der Waals surface area (Å²) in [4.78, 5) is 44.0. The number of aryl methyl sites for hydroxylation is 1. The Morgan fingerprint density at radius 1 is 1.23 bits per heavy atom. The van der Waals surface area contributed by atoms with Crippen molar-refractivity contribution in [3.63, 3.8) is 0 Å². The van der Waals surface area contributed by atoms with E-state index in [1.165, 1.54) is 12.3 Å². The molecule has 11 nitrogen and oxygen atoms in total. The molecule has 0 bridgehead atoms. The molecule has 14 heteroatoms. The van der Waals surface area contributed by atoms with Crippen LogP contribution in [-0.2, 0) is 4.79 Å². The van der Waals surface area contributed by atoms with Gasteiger partial charge in [-0.3, -0.25) is 9.59 Å². The van der Waals surface area contributed by atoms with Gasteiger partial charge in [-0.15, -0.1) is 0 Å². The van der Waals surface area contributed by atoms with Gasteiger partial charge in [-0.1, -0.05) is 31.8 Å². The lowest BCUT2D eigenvalue weighted by molar-refractivity contribution is -0.150. The third-order valence-electron chi connectivity index (χ3n) is 7.48. The van der Waals surface area contributed by atoms with Crippen molar-refractivity contribution in [2.75, 3.05) is 11.9 Å². The largest absolute Gasteiger partial charge is 0.410 e. The van der Waals surface area contributed by atoms with Crippen molar-refractivity contribution in [2.45, 2.75) is 77.2 Å². The predicted octanol–water partition coefficient (Wildman–Crippen LogP) is 3.74. The Hall–Kier alpha value is -3.71. The number of halogens is 3. The molecule has 0 unspecified atom stereocenters. The third kappa shape index (κ3) is 6.48. The molecule has 212 valence electrons. The standard InChI is InChI=1S/C25H32F3N7O4/c1-4-17(35-12-18(25(26,27)28)30-24(35)38)16-9-10-29-19(11-16)31-23(37)21(15-7-5-13(2)6-8-15)32-22(36)20-14(3)33-39-34-20/h9-11,13,15,17-18,21H,4-8,12H2,1-3H3,(H,30,38)(H,32,36)(H,29,31,37)/t13?,15?,17-,18+,21+/m1/s1. The Morgan fingerprint density at radius 3 is 2.54 bits per heavy atom. The second-order valence-electron chi connectivity index (χ2n) is 10.3. The topological polar surface area (TPSA) is 142 Å². The quantitative estimate of drug-likeness (QED) is 0.454. The van der Waals surface area contributed by atoms with Crippen LogP contribution >= 0.6 is 0 Å². The molecule has 2 aromatic heterocycles. The van der Waals surface area contributed by atoms with E-state index in [1.807, 2.05) is 5.32 Å². The number of urea groups is 1. The van der Waals surface area contributed by atoms with Crippen LogP contribution in [-0.4, -0.2) is 62.8 Å². The van der Waals surface area contributed by atoms with Crippen molar-refractivity contribution >= 4 is 23.7 Å². The van der Waals surface area contributed by atoms with Crippen LogP contribution in [0.25, 0.3) is 0 Å². The number of rotatable bonds is 8. The van der Waals surface area contributed by atoms with Crippen LogP contribution in [0.15, 0.2) is 23.0 Å². The summed E-state index contributed by atoms with van der Waals surface area (Å²) in [5, 5.41) is 14.7. The van der Waals surface area contributed by atoms with Crippen molar-refractivity contribution in [1.29, 1.82) is 0 Å². The number of hydrogen-bond donors (Lipinski definition) is 3. The highest BCUT2D eigenvalue weighted by atomic mass is 19.4. The molecule has 39 heavy (non-hydrogen) atoms. The number of nitrogens with one attached hydrogen (secondary N) is 3. The lowest BCUT2D eigenvalue weighted by atomic mass is 9.79. The summed E-state index contributed by atoms with van der Waals surface area (Å²) >= 11 is 0. The Morgan fingerprint density at radius 2 is 1.95 bits per heavy atom. The van der Waals surface area contributed by atoms with E-state index in [0.717, 1.165) is 30.6 Å². The van der Waals surface area contributed by atoms with Crippen molar-refractivity contribution in [1.82, 2.24) is 30.8 Å². The Balaban J connectivity index is 1.52. The number of alkyl halides is 3. The predicted molar refractivity (Wildman–Crippen MR) is 132 cm³/mol. The van der Waals surface area contributed by atoms with Gasteiger partial charge in [0.05, 0.1) is 12.6 Å². The Bertz CT molecular complexity index is 1200. The van der Waals surface area contributed by atoms with Crippen LogP contribution in [0, 0.1) is 18.8 Å². The van der Waals surface area contributed by atoms with E-state index in [0.29, 0.717) is 23.6 Å². The molecule has 3 heterocycles. The van der Waals surface area contributed by atoms with Gasteiger partial charge in [-0.05, 0) is 60.9 Å². The van der Waals surface area contributed by atoms with Gasteiger partial charge in [0.1, 0.15) is 23.6 Å². The van der Waals surface area contributed by atoms with Crippen LogP contribution in [0.4, 0.5) is 23.8 Å². The van der Waals surface area contributed by atoms with Crippen molar-refractivity contribution < 1.29 is 32.2 Å². The van der Waals surface area contributed by atoms with Crippen molar-refractivity contribution in [3.8, 4) is 0 Å². The third-order valence-corrected chi connectivity index (χ3v) is 7.48. The molecule has 4 amide bonds. The molecule has 0 aromatic carbocycles. The first-order valence-corrected chi connectivity index (χ1v) is 13.0. The summed E-state index contributed by atoms with van der Waals surface area (Å²) in [7, 11) is 0. The zero-order valence-corrected chi connectivity index (χ0v) is 21.9. The minimum absolute atomic E-state index is 0.0102. The molecule has 3 N–H and O–H groups in total. The molecule has 1 aliphatic heterocycles. The smallest absolute Gasteiger partial charge is 0.338 e. The molecule has 2 aliphatic rings. The zero-order valence-electron chi connectivity index (χ0n) is 21.9. The normalized spacial score (nSPS) is 23.2. The molecule has 3 atom stereocenters. The molecule has 1 saturated carbocycles. The van der Waals surface area contributed by atoms with Gasteiger partial charge in [-0.25, -0.2) is 14.4 Å². The summed E-state index contributed by atoms with van der Waals surface area (Å²) in [5.41, 5.74) is 0.809. The van der Waals surface area contributed by atoms with E-state index in [4.69, 9.17) is 0 Å². The minimum Gasteiger partial charge on any atom is -0.338 e. The highest BCUT2D eigenvalue weighted by molar-refractivity contribution is 6.00. The van der Waals surface area contributed by atoms with Crippen molar-refractivity contribution in [2.24, 2.45) is 11.8 Å². The number of pyridine rings is 1. The van der Waals surface area contributed by atoms with Crippen molar-refractivity contribution in [3.05, 3.63) is 35.3 Å². The number of carbonyl (C=O) groups is 3. The molecule has 2 fully saturated rings. The highest BCUT2D eigenvalue weighted by Gasteiger charge is 2.48. The lowest BCUT2D eigenvalue weighted by Gasteiger charge is -2.32. The van der Waals surface area contributed by atoms with Gasteiger partial charge >= 0.3 is 12.2 Å². The summed E-state index contributed by atoms with van der Waals surface area (Å²) < 4.78 is 44.2. The molecular formula is C25H32F3N7O4. The van der Waals surface area contributed by atoms with Crippen LogP contribution in [0.1, 0.15) is 73.7 Å². The van der Waals surface area contributed by atoms with E-state index in [2.05, 4.69) is 37.5 Å². The van der Waals surface area contributed by atoms with Crippen LogP contribution in [0.3, 0.4) is 0 Å². The molecule has 0 radical (unpaired) electrons. The van der Waals surface area contributed by atoms with Gasteiger partial charge in [0, 0.05) is 6.20 Å². The van der Waals surface area contributed by atoms with E-state index < -0.39 is 48.7 Å². The van der Waals surface area contributed by atoms with Gasteiger partial charge < -0.3 is 20.9 Å². The fraction of sp³-hybridized carbons (Fsp3) is 0.600. The monoisotopic (exact) mass is 551 g/mol.